The number of H-pyrrole nitrogens is 1. The lowest BCUT2D eigenvalue weighted by atomic mass is 9.97. The molecular formula is C21H28N4O5S. The Morgan fingerprint density at radius 1 is 1.26 bits per heavy atom. The maximum atomic E-state index is 13.3. The minimum atomic E-state index is -3.91. The minimum Gasteiger partial charge on any atom is -0.462 e. The molecule has 0 radical (unpaired) electrons. The van der Waals surface area contributed by atoms with Crippen LogP contribution in [0.2, 0.25) is 0 Å². The lowest BCUT2D eigenvalue weighted by Crippen LogP contribution is -2.43. The fraction of sp³-hybridized carbons (Fsp3) is 0.476. The number of pyridine rings is 1. The van der Waals surface area contributed by atoms with Crippen molar-refractivity contribution in [3.8, 4) is 0 Å². The van der Waals surface area contributed by atoms with Crippen LogP contribution in [0.3, 0.4) is 0 Å². The summed E-state index contributed by atoms with van der Waals surface area (Å²) in [4.78, 5) is 31.8. The number of aryl methyl sites for hydroxylation is 2. The molecule has 2 aromatic heterocycles. The Balaban J connectivity index is 1.68. The van der Waals surface area contributed by atoms with Crippen LogP contribution >= 0.6 is 0 Å². The molecule has 0 aliphatic carbocycles. The van der Waals surface area contributed by atoms with Crippen molar-refractivity contribution in [2.45, 2.75) is 45.1 Å². The third kappa shape index (κ3) is 4.96. The average molecular weight is 449 g/mol. The lowest BCUT2D eigenvalue weighted by Gasteiger charge is -2.30. The summed E-state index contributed by atoms with van der Waals surface area (Å²) >= 11 is 0. The second-order valence-corrected chi connectivity index (χ2v) is 9.43. The molecule has 1 aliphatic heterocycles. The number of ether oxygens (including phenoxy) is 1. The van der Waals surface area contributed by atoms with Gasteiger partial charge in [-0.05, 0) is 45.2 Å². The van der Waals surface area contributed by atoms with Gasteiger partial charge in [0.05, 0.1) is 6.61 Å². The van der Waals surface area contributed by atoms with Gasteiger partial charge in [-0.25, -0.2) is 13.2 Å². The number of carbonyl (C=O) groups excluding carboxylic acids is 2. The van der Waals surface area contributed by atoms with Gasteiger partial charge < -0.3 is 15.0 Å². The molecule has 3 heterocycles. The van der Waals surface area contributed by atoms with Crippen LogP contribution in [0.4, 0.5) is 0 Å². The van der Waals surface area contributed by atoms with E-state index in [9.17, 15) is 18.0 Å². The third-order valence-electron chi connectivity index (χ3n) is 5.41. The molecule has 0 spiro atoms. The molecule has 0 atom stereocenters. The van der Waals surface area contributed by atoms with E-state index in [0.717, 1.165) is 5.56 Å². The SMILES string of the molecule is CCOC(=O)c1c(C)[nH]c(C)c1S(=O)(=O)N1CCC(C(=O)NCc2cccnc2)CC1. The smallest absolute Gasteiger partial charge is 0.341 e. The number of hydrogen-bond donors (Lipinski definition) is 2. The maximum absolute atomic E-state index is 13.3. The number of aromatic nitrogens is 2. The Morgan fingerprint density at radius 2 is 1.97 bits per heavy atom. The van der Waals surface area contributed by atoms with Gasteiger partial charge in [0.15, 0.2) is 0 Å². The van der Waals surface area contributed by atoms with Gasteiger partial charge >= 0.3 is 5.97 Å². The lowest BCUT2D eigenvalue weighted by molar-refractivity contribution is -0.126. The summed E-state index contributed by atoms with van der Waals surface area (Å²) in [6.45, 7) is 5.90. The van der Waals surface area contributed by atoms with E-state index in [1.807, 2.05) is 6.07 Å². The number of nitrogens with zero attached hydrogens (tertiary/aromatic N) is 2. The molecule has 0 saturated carbocycles. The van der Waals surface area contributed by atoms with Gasteiger partial charge in [-0.2, -0.15) is 4.31 Å². The fourth-order valence-electron chi connectivity index (χ4n) is 3.85. The Bertz CT molecular complexity index is 1040. The number of sulfonamides is 1. The van der Waals surface area contributed by atoms with Crippen molar-refractivity contribution in [1.29, 1.82) is 0 Å². The van der Waals surface area contributed by atoms with Crippen molar-refractivity contribution in [1.82, 2.24) is 19.6 Å². The highest BCUT2D eigenvalue weighted by molar-refractivity contribution is 7.89. The number of carbonyl (C=O) groups is 2. The molecule has 0 aromatic carbocycles. The third-order valence-corrected chi connectivity index (χ3v) is 7.48. The number of rotatable bonds is 7. The van der Waals surface area contributed by atoms with Crippen molar-refractivity contribution in [3.63, 3.8) is 0 Å². The molecule has 168 valence electrons. The van der Waals surface area contributed by atoms with Crippen LogP contribution < -0.4 is 5.32 Å². The highest BCUT2D eigenvalue weighted by Gasteiger charge is 2.37. The predicted octanol–water partition coefficient (Wildman–Crippen LogP) is 1.92. The van der Waals surface area contributed by atoms with E-state index >= 15 is 0 Å². The van der Waals surface area contributed by atoms with Crippen molar-refractivity contribution in [3.05, 3.63) is 47.0 Å². The summed E-state index contributed by atoms with van der Waals surface area (Å²) in [5.41, 5.74) is 1.81. The van der Waals surface area contributed by atoms with E-state index < -0.39 is 16.0 Å². The number of aromatic amines is 1. The van der Waals surface area contributed by atoms with Crippen LogP contribution in [0.25, 0.3) is 0 Å². The second kappa shape index (κ2) is 9.61. The van der Waals surface area contributed by atoms with Crippen LogP contribution in [-0.2, 0) is 26.1 Å². The monoisotopic (exact) mass is 448 g/mol. The van der Waals surface area contributed by atoms with Gasteiger partial charge in [0.1, 0.15) is 10.5 Å². The standard InChI is InChI=1S/C21H28N4O5S/c1-4-30-21(27)18-14(2)24-15(3)19(18)31(28,29)25-10-7-17(8-11-25)20(26)23-13-16-6-5-9-22-12-16/h5-6,9,12,17,24H,4,7-8,10-11,13H2,1-3H3,(H,23,26). The average Bonchev–Trinajstić information content (AvgIpc) is 3.07. The molecular weight excluding hydrogens is 420 g/mol. The largest absolute Gasteiger partial charge is 0.462 e. The Kier molecular flexibility index (Phi) is 7.11. The zero-order valence-corrected chi connectivity index (χ0v) is 18.8. The number of nitrogens with one attached hydrogen (secondary N) is 2. The summed E-state index contributed by atoms with van der Waals surface area (Å²) in [7, 11) is -3.91. The predicted molar refractivity (Wildman–Crippen MR) is 114 cm³/mol. The molecule has 1 aliphatic rings. The van der Waals surface area contributed by atoms with E-state index in [2.05, 4.69) is 15.3 Å². The van der Waals surface area contributed by atoms with Gasteiger partial charge in [-0.3, -0.25) is 9.78 Å². The molecule has 9 nitrogen and oxygen atoms in total. The van der Waals surface area contributed by atoms with Gasteiger partial charge in [-0.1, -0.05) is 6.07 Å². The first kappa shape index (κ1) is 23.0. The molecule has 31 heavy (non-hydrogen) atoms. The van der Waals surface area contributed by atoms with Crippen LogP contribution in [0.1, 0.15) is 47.1 Å². The molecule has 0 unspecified atom stereocenters. The van der Waals surface area contributed by atoms with Gasteiger partial charge in [-0.15, -0.1) is 0 Å². The van der Waals surface area contributed by atoms with E-state index in [1.54, 1.807) is 39.2 Å². The van der Waals surface area contributed by atoms with Crippen molar-refractivity contribution in [2.75, 3.05) is 19.7 Å². The minimum absolute atomic E-state index is 0.0390. The van der Waals surface area contributed by atoms with Crippen molar-refractivity contribution >= 4 is 21.9 Å². The summed E-state index contributed by atoms with van der Waals surface area (Å²) in [6.07, 6.45) is 4.19. The van der Waals surface area contributed by atoms with Crippen LogP contribution in [0.15, 0.2) is 29.4 Å². The zero-order chi connectivity index (χ0) is 22.6. The number of amides is 1. The molecule has 2 N–H and O–H groups in total. The highest BCUT2D eigenvalue weighted by Crippen LogP contribution is 2.30. The maximum Gasteiger partial charge on any atom is 0.341 e. The summed E-state index contributed by atoms with van der Waals surface area (Å²) in [5.74, 6) is -1.02. The normalized spacial score (nSPS) is 15.6. The summed E-state index contributed by atoms with van der Waals surface area (Å²) in [5, 5.41) is 2.89. The summed E-state index contributed by atoms with van der Waals surface area (Å²) < 4.78 is 33.1. The van der Waals surface area contributed by atoms with Gasteiger partial charge in [0, 0.05) is 49.3 Å². The first-order valence-corrected chi connectivity index (χ1v) is 11.7. The number of piperidine rings is 1. The number of hydrogen-bond acceptors (Lipinski definition) is 6. The Hall–Kier alpha value is -2.72. The van der Waals surface area contributed by atoms with E-state index in [4.69, 9.17) is 4.74 Å². The first-order valence-electron chi connectivity index (χ1n) is 10.3. The molecule has 3 rings (SSSR count). The molecule has 2 aromatic rings. The van der Waals surface area contributed by atoms with Gasteiger partial charge in [0.2, 0.25) is 15.9 Å². The zero-order valence-electron chi connectivity index (χ0n) is 18.0. The Labute approximate surface area is 182 Å². The quantitative estimate of drug-likeness (QED) is 0.624. The summed E-state index contributed by atoms with van der Waals surface area (Å²) in [6, 6.07) is 3.69. The Morgan fingerprint density at radius 3 is 2.58 bits per heavy atom. The molecule has 1 fully saturated rings. The van der Waals surface area contributed by atoms with E-state index in [-0.39, 0.29) is 42.0 Å². The van der Waals surface area contributed by atoms with Crippen molar-refractivity contribution < 1.29 is 22.7 Å². The van der Waals surface area contributed by atoms with E-state index in [0.29, 0.717) is 30.8 Å². The first-order chi connectivity index (χ1) is 14.8. The topological polar surface area (TPSA) is 121 Å². The van der Waals surface area contributed by atoms with Crippen molar-refractivity contribution in [2.24, 2.45) is 5.92 Å². The fourth-order valence-corrected chi connectivity index (χ4v) is 5.74. The van der Waals surface area contributed by atoms with Gasteiger partial charge in [0.25, 0.3) is 0 Å². The highest BCUT2D eigenvalue weighted by atomic mass is 32.2. The van der Waals surface area contributed by atoms with E-state index in [1.165, 1.54) is 4.31 Å². The molecule has 1 amide bonds. The van der Waals surface area contributed by atoms with Crippen LogP contribution in [-0.4, -0.2) is 54.3 Å². The molecule has 10 heteroatoms. The molecule has 0 bridgehead atoms. The van der Waals surface area contributed by atoms with Crippen LogP contribution in [0, 0.1) is 19.8 Å². The number of esters is 1. The second-order valence-electron chi connectivity index (χ2n) is 7.56. The molecule has 1 saturated heterocycles. The van der Waals surface area contributed by atoms with Crippen LogP contribution in [0.5, 0.6) is 0 Å².